The van der Waals surface area contributed by atoms with Crippen molar-refractivity contribution in [3.63, 3.8) is 0 Å². The molecule has 7 heteroatoms. The van der Waals surface area contributed by atoms with Gasteiger partial charge in [-0.15, -0.1) is 5.10 Å². The summed E-state index contributed by atoms with van der Waals surface area (Å²) in [6.45, 7) is 3.43. The lowest BCUT2D eigenvalue weighted by molar-refractivity contribution is -0.141. The topological polar surface area (TPSA) is 88.3 Å². The van der Waals surface area contributed by atoms with Crippen LogP contribution in [-0.4, -0.2) is 50.5 Å². The molecule has 1 unspecified atom stereocenters. The molecule has 0 saturated carbocycles. The van der Waals surface area contributed by atoms with E-state index in [1.54, 1.807) is 25.6 Å². The highest BCUT2D eigenvalue weighted by Gasteiger charge is 2.23. The van der Waals surface area contributed by atoms with E-state index in [9.17, 15) is 9.59 Å². The van der Waals surface area contributed by atoms with Crippen LogP contribution in [0.1, 0.15) is 23.1 Å². The molecule has 2 rings (SSSR count). The first-order chi connectivity index (χ1) is 10.4. The van der Waals surface area contributed by atoms with Gasteiger partial charge in [0.1, 0.15) is 0 Å². The summed E-state index contributed by atoms with van der Waals surface area (Å²) in [5, 5.41) is 16.9. The Morgan fingerprint density at radius 3 is 2.55 bits per heavy atom. The van der Waals surface area contributed by atoms with Crippen molar-refractivity contribution in [2.75, 3.05) is 13.6 Å². The minimum Gasteiger partial charge on any atom is -0.481 e. The predicted octanol–water partition coefficient (Wildman–Crippen LogP) is 1.37. The van der Waals surface area contributed by atoms with E-state index >= 15 is 0 Å². The van der Waals surface area contributed by atoms with Gasteiger partial charge in [0.2, 0.25) is 0 Å². The number of carbonyl (C=O) groups excluding carboxylic acids is 1. The van der Waals surface area contributed by atoms with Crippen molar-refractivity contribution < 1.29 is 14.7 Å². The number of amides is 1. The van der Waals surface area contributed by atoms with E-state index in [1.165, 1.54) is 4.90 Å². The number of aromatic nitrogens is 3. The molecule has 1 N–H and O–H groups in total. The quantitative estimate of drug-likeness (QED) is 0.901. The van der Waals surface area contributed by atoms with Crippen molar-refractivity contribution in [2.24, 2.45) is 5.92 Å². The summed E-state index contributed by atoms with van der Waals surface area (Å²) in [6.07, 6.45) is 0. The van der Waals surface area contributed by atoms with Gasteiger partial charge < -0.3 is 10.0 Å². The van der Waals surface area contributed by atoms with Gasteiger partial charge in [-0.1, -0.05) is 30.3 Å². The van der Waals surface area contributed by atoms with Gasteiger partial charge in [-0.2, -0.15) is 0 Å². The van der Waals surface area contributed by atoms with Crippen LogP contribution in [0.2, 0.25) is 0 Å². The standard InChI is InChI=1S/C15H18N4O3/c1-10(15(21)22)9-18(3)14(20)13-11(2)19(17-16-13)12-7-5-4-6-8-12/h4-8,10H,9H2,1-3H3,(H,21,22). The zero-order chi connectivity index (χ0) is 16.3. The van der Waals surface area contributed by atoms with Crippen LogP contribution < -0.4 is 0 Å². The maximum Gasteiger partial charge on any atom is 0.308 e. The first-order valence-corrected chi connectivity index (χ1v) is 6.87. The van der Waals surface area contributed by atoms with Crippen molar-refractivity contribution in [1.29, 1.82) is 0 Å². The fourth-order valence-electron chi connectivity index (χ4n) is 2.09. The SMILES string of the molecule is Cc1c(C(=O)N(C)CC(C)C(=O)O)nnn1-c1ccccc1. The first kappa shape index (κ1) is 15.7. The monoisotopic (exact) mass is 302 g/mol. The Morgan fingerprint density at radius 2 is 1.95 bits per heavy atom. The number of aliphatic carboxylic acids is 1. The van der Waals surface area contributed by atoms with Crippen molar-refractivity contribution in [2.45, 2.75) is 13.8 Å². The zero-order valence-electron chi connectivity index (χ0n) is 12.7. The van der Waals surface area contributed by atoms with E-state index in [0.29, 0.717) is 5.69 Å². The molecule has 0 aliphatic rings. The number of benzene rings is 1. The summed E-state index contributed by atoms with van der Waals surface area (Å²) in [5.41, 5.74) is 1.66. The van der Waals surface area contributed by atoms with Crippen LogP contribution in [0.25, 0.3) is 5.69 Å². The van der Waals surface area contributed by atoms with Gasteiger partial charge in [-0.25, -0.2) is 4.68 Å². The van der Waals surface area contributed by atoms with Crippen molar-refractivity contribution >= 4 is 11.9 Å². The molecular formula is C15H18N4O3. The molecule has 2 aromatic rings. The number of hydrogen-bond acceptors (Lipinski definition) is 4. The average Bonchev–Trinajstić information content (AvgIpc) is 2.88. The molecule has 0 saturated heterocycles. The van der Waals surface area contributed by atoms with E-state index in [2.05, 4.69) is 10.3 Å². The molecule has 0 spiro atoms. The highest BCUT2D eigenvalue weighted by atomic mass is 16.4. The van der Waals surface area contributed by atoms with Gasteiger partial charge in [0.15, 0.2) is 5.69 Å². The van der Waals surface area contributed by atoms with E-state index < -0.39 is 11.9 Å². The van der Waals surface area contributed by atoms with E-state index in [-0.39, 0.29) is 18.1 Å². The maximum atomic E-state index is 12.4. The van der Waals surface area contributed by atoms with Gasteiger partial charge in [-0.3, -0.25) is 9.59 Å². The molecule has 1 heterocycles. The van der Waals surface area contributed by atoms with Crippen LogP contribution in [0, 0.1) is 12.8 Å². The summed E-state index contributed by atoms with van der Waals surface area (Å²) in [6, 6.07) is 9.37. The lowest BCUT2D eigenvalue weighted by Gasteiger charge is -2.18. The molecule has 0 radical (unpaired) electrons. The van der Waals surface area contributed by atoms with Gasteiger partial charge >= 0.3 is 5.97 Å². The van der Waals surface area contributed by atoms with Crippen LogP contribution in [0.5, 0.6) is 0 Å². The molecule has 1 aromatic heterocycles. The van der Waals surface area contributed by atoms with Crippen LogP contribution in [0.15, 0.2) is 30.3 Å². The minimum atomic E-state index is -0.940. The Kier molecular flexibility index (Phi) is 4.55. The lowest BCUT2D eigenvalue weighted by atomic mass is 10.1. The Hall–Kier alpha value is -2.70. The summed E-state index contributed by atoms with van der Waals surface area (Å²) in [4.78, 5) is 24.6. The Labute approximate surface area is 128 Å². The Morgan fingerprint density at radius 1 is 1.32 bits per heavy atom. The van der Waals surface area contributed by atoms with Gasteiger partial charge in [0.05, 0.1) is 17.3 Å². The molecule has 1 aromatic carbocycles. The largest absolute Gasteiger partial charge is 0.481 e. The van der Waals surface area contributed by atoms with Crippen LogP contribution in [0.3, 0.4) is 0 Å². The lowest BCUT2D eigenvalue weighted by Crippen LogP contribution is -2.34. The molecule has 22 heavy (non-hydrogen) atoms. The third-order valence-corrected chi connectivity index (χ3v) is 3.41. The molecule has 0 bridgehead atoms. The smallest absolute Gasteiger partial charge is 0.308 e. The number of carboxylic acid groups (broad SMARTS) is 1. The molecule has 1 atom stereocenters. The minimum absolute atomic E-state index is 0.117. The molecule has 116 valence electrons. The third kappa shape index (κ3) is 3.13. The first-order valence-electron chi connectivity index (χ1n) is 6.87. The highest BCUT2D eigenvalue weighted by molar-refractivity contribution is 5.93. The number of carbonyl (C=O) groups is 2. The Bertz CT molecular complexity index is 681. The number of hydrogen-bond donors (Lipinski definition) is 1. The van der Waals surface area contributed by atoms with Crippen LogP contribution in [0.4, 0.5) is 0 Å². The molecule has 7 nitrogen and oxygen atoms in total. The second-order valence-corrected chi connectivity index (χ2v) is 5.20. The van der Waals surface area contributed by atoms with Crippen LogP contribution in [-0.2, 0) is 4.79 Å². The number of carboxylic acids is 1. The van der Waals surface area contributed by atoms with Crippen LogP contribution >= 0.6 is 0 Å². The number of nitrogens with zero attached hydrogens (tertiary/aromatic N) is 4. The summed E-state index contributed by atoms with van der Waals surface area (Å²) in [5.74, 6) is -1.92. The fourth-order valence-corrected chi connectivity index (χ4v) is 2.09. The normalized spacial score (nSPS) is 12.0. The summed E-state index contributed by atoms with van der Waals surface area (Å²) in [7, 11) is 1.56. The molecule has 1 amide bonds. The summed E-state index contributed by atoms with van der Waals surface area (Å²) >= 11 is 0. The number of para-hydroxylation sites is 1. The second-order valence-electron chi connectivity index (χ2n) is 5.20. The zero-order valence-corrected chi connectivity index (χ0v) is 12.7. The summed E-state index contributed by atoms with van der Waals surface area (Å²) < 4.78 is 1.59. The van der Waals surface area contributed by atoms with Crippen molar-refractivity contribution in [1.82, 2.24) is 19.9 Å². The maximum absolute atomic E-state index is 12.4. The van der Waals surface area contributed by atoms with Crippen molar-refractivity contribution in [3.05, 3.63) is 41.7 Å². The fraction of sp³-hybridized carbons (Fsp3) is 0.333. The Balaban J connectivity index is 2.21. The van der Waals surface area contributed by atoms with Gasteiger partial charge in [-0.05, 0) is 19.1 Å². The molecular weight excluding hydrogens is 284 g/mol. The molecule has 0 aliphatic heterocycles. The average molecular weight is 302 g/mol. The van der Waals surface area contributed by atoms with Gasteiger partial charge in [0.25, 0.3) is 5.91 Å². The van der Waals surface area contributed by atoms with Gasteiger partial charge in [0, 0.05) is 13.6 Å². The third-order valence-electron chi connectivity index (χ3n) is 3.41. The highest BCUT2D eigenvalue weighted by Crippen LogP contribution is 2.13. The van der Waals surface area contributed by atoms with Crippen molar-refractivity contribution in [3.8, 4) is 5.69 Å². The predicted molar refractivity (Wildman–Crippen MR) is 79.9 cm³/mol. The molecule has 0 fully saturated rings. The van der Waals surface area contributed by atoms with E-state index in [1.807, 2.05) is 30.3 Å². The number of rotatable bonds is 5. The second kappa shape index (κ2) is 6.38. The van der Waals surface area contributed by atoms with E-state index in [0.717, 1.165) is 5.69 Å². The van der Waals surface area contributed by atoms with E-state index in [4.69, 9.17) is 5.11 Å². The molecule has 0 aliphatic carbocycles.